The largest absolute Gasteiger partial charge is 0.416 e. The maximum absolute atomic E-state index is 12.5. The Morgan fingerprint density at radius 1 is 1.25 bits per heavy atom. The van der Waals surface area contributed by atoms with E-state index in [0.29, 0.717) is 0 Å². The molecule has 1 N–H and O–H groups in total. The lowest BCUT2D eigenvalue weighted by Gasteiger charge is -2.06. The molecule has 0 atom stereocenters. The number of nitrogens with one attached hydrogen (secondary N) is 1. The number of nitro groups is 1. The normalized spacial score (nSPS) is 11.7. The molecule has 0 unspecified atom stereocenters. The van der Waals surface area contributed by atoms with Gasteiger partial charge in [0.05, 0.1) is 10.5 Å². The fourth-order valence-corrected chi connectivity index (χ4v) is 2.27. The molecule has 1 aromatic heterocycles. The summed E-state index contributed by atoms with van der Waals surface area (Å²) in [6, 6.07) is 3.98. The number of hydrogen-bond acceptors (Lipinski definition) is 2. The highest BCUT2D eigenvalue weighted by Crippen LogP contribution is 2.41. The van der Waals surface area contributed by atoms with E-state index in [2.05, 4.69) is 20.9 Å². The first-order valence-corrected chi connectivity index (χ1v) is 6.28. The van der Waals surface area contributed by atoms with E-state index < -0.39 is 16.7 Å². The van der Waals surface area contributed by atoms with Crippen LogP contribution < -0.4 is 0 Å². The second-order valence-corrected chi connectivity index (χ2v) is 4.98. The standard InChI is InChI=1S/C11H5BrClF3N2O2/c12-7-9(18(19)20)8(17-10(7)13)5-1-3-6(4-2-5)11(14,15)16/h1-4,17H. The maximum Gasteiger partial charge on any atom is 0.416 e. The molecule has 0 amide bonds. The van der Waals surface area contributed by atoms with Crippen molar-refractivity contribution in [2.45, 2.75) is 6.18 Å². The molecule has 0 aliphatic heterocycles. The van der Waals surface area contributed by atoms with Gasteiger partial charge in [-0.3, -0.25) is 10.1 Å². The van der Waals surface area contributed by atoms with Crippen LogP contribution in [0.3, 0.4) is 0 Å². The Labute approximate surface area is 123 Å². The van der Waals surface area contributed by atoms with E-state index in [-0.39, 0.29) is 26.6 Å². The quantitative estimate of drug-likeness (QED) is 0.596. The van der Waals surface area contributed by atoms with Gasteiger partial charge in [0.15, 0.2) is 0 Å². The molecule has 1 heterocycles. The zero-order valence-corrected chi connectivity index (χ0v) is 11.8. The van der Waals surface area contributed by atoms with Gasteiger partial charge in [-0.1, -0.05) is 23.7 Å². The lowest BCUT2D eigenvalue weighted by molar-refractivity contribution is -0.384. The van der Waals surface area contributed by atoms with E-state index in [0.717, 1.165) is 24.3 Å². The predicted octanol–water partition coefficient (Wildman–Crippen LogP) is 5.02. The van der Waals surface area contributed by atoms with Gasteiger partial charge in [-0.15, -0.1) is 0 Å². The molecule has 4 nitrogen and oxygen atoms in total. The highest BCUT2D eigenvalue weighted by molar-refractivity contribution is 9.10. The van der Waals surface area contributed by atoms with Crippen molar-refractivity contribution in [1.29, 1.82) is 0 Å². The van der Waals surface area contributed by atoms with Crippen molar-refractivity contribution in [2.24, 2.45) is 0 Å². The van der Waals surface area contributed by atoms with Crippen molar-refractivity contribution in [3.8, 4) is 11.3 Å². The second kappa shape index (κ2) is 5.10. The van der Waals surface area contributed by atoms with Crippen molar-refractivity contribution >= 4 is 33.2 Å². The molecule has 20 heavy (non-hydrogen) atoms. The average molecular weight is 370 g/mol. The lowest BCUT2D eigenvalue weighted by atomic mass is 10.1. The first-order chi connectivity index (χ1) is 9.21. The third-order valence-corrected chi connectivity index (χ3v) is 3.84. The molecule has 0 spiro atoms. The molecular formula is C11H5BrClF3N2O2. The molecule has 1 aromatic carbocycles. The van der Waals surface area contributed by atoms with Crippen LogP contribution in [-0.2, 0) is 6.18 Å². The third kappa shape index (κ3) is 2.66. The van der Waals surface area contributed by atoms with Crippen LogP contribution in [0.5, 0.6) is 0 Å². The molecular weight excluding hydrogens is 364 g/mol. The van der Waals surface area contributed by atoms with Gasteiger partial charge in [-0.05, 0) is 28.1 Å². The fraction of sp³-hybridized carbons (Fsp3) is 0.0909. The minimum atomic E-state index is -4.46. The Bertz CT molecular complexity index is 668. The van der Waals surface area contributed by atoms with Gasteiger partial charge in [0.1, 0.15) is 15.3 Å². The monoisotopic (exact) mass is 368 g/mol. The molecule has 0 aliphatic carbocycles. The van der Waals surface area contributed by atoms with Gasteiger partial charge in [0.2, 0.25) is 0 Å². The van der Waals surface area contributed by atoms with Crippen LogP contribution >= 0.6 is 27.5 Å². The highest BCUT2D eigenvalue weighted by Gasteiger charge is 2.31. The zero-order chi connectivity index (χ0) is 15.1. The predicted molar refractivity (Wildman–Crippen MR) is 70.6 cm³/mol. The van der Waals surface area contributed by atoms with Crippen LogP contribution in [0.25, 0.3) is 11.3 Å². The van der Waals surface area contributed by atoms with Crippen molar-refractivity contribution in [3.05, 3.63) is 49.6 Å². The third-order valence-electron chi connectivity index (χ3n) is 2.56. The van der Waals surface area contributed by atoms with Crippen LogP contribution in [0, 0.1) is 10.1 Å². The molecule has 0 fully saturated rings. The zero-order valence-electron chi connectivity index (χ0n) is 9.46. The van der Waals surface area contributed by atoms with Crippen molar-refractivity contribution in [2.75, 3.05) is 0 Å². The summed E-state index contributed by atoms with van der Waals surface area (Å²) in [5, 5.41) is 11.0. The topological polar surface area (TPSA) is 58.9 Å². The van der Waals surface area contributed by atoms with Gasteiger partial charge in [-0.25, -0.2) is 0 Å². The van der Waals surface area contributed by atoms with E-state index in [1.165, 1.54) is 0 Å². The molecule has 9 heteroatoms. The summed E-state index contributed by atoms with van der Waals surface area (Å²) in [5.74, 6) is 0. The van der Waals surface area contributed by atoms with E-state index in [9.17, 15) is 23.3 Å². The number of nitrogens with zero attached hydrogens (tertiary/aromatic N) is 1. The number of H-pyrrole nitrogens is 1. The first-order valence-electron chi connectivity index (χ1n) is 5.11. The van der Waals surface area contributed by atoms with Gasteiger partial charge >= 0.3 is 11.9 Å². The highest BCUT2D eigenvalue weighted by atomic mass is 79.9. The number of aromatic nitrogens is 1. The smallest absolute Gasteiger partial charge is 0.339 e. The van der Waals surface area contributed by atoms with Crippen molar-refractivity contribution in [3.63, 3.8) is 0 Å². The van der Waals surface area contributed by atoms with Crippen LogP contribution in [0.2, 0.25) is 5.15 Å². The van der Waals surface area contributed by atoms with Gasteiger partial charge in [-0.2, -0.15) is 13.2 Å². The lowest BCUT2D eigenvalue weighted by Crippen LogP contribution is -2.04. The summed E-state index contributed by atoms with van der Waals surface area (Å²) >= 11 is 8.71. The summed E-state index contributed by atoms with van der Waals surface area (Å²) in [7, 11) is 0. The Balaban J connectivity index is 2.53. The fourth-order valence-electron chi connectivity index (χ4n) is 1.64. The number of hydrogen-bond donors (Lipinski definition) is 1. The first kappa shape index (κ1) is 14.9. The molecule has 0 bridgehead atoms. The minimum absolute atomic E-state index is 0.00611. The minimum Gasteiger partial charge on any atom is -0.339 e. The van der Waals surface area contributed by atoms with E-state index in [4.69, 9.17) is 11.6 Å². The van der Waals surface area contributed by atoms with Crippen molar-refractivity contribution in [1.82, 2.24) is 4.98 Å². The number of halogens is 5. The van der Waals surface area contributed by atoms with E-state index >= 15 is 0 Å². The maximum atomic E-state index is 12.5. The summed E-state index contributed by atoms with van der Waals surface area (Å²) in [5.41, 5.74) is -0.881. The molecule has 2 aromatic rings. The Hall–Kier alpha value is -1.54. The van der Waals surface area contributed by atoms with E-state index in [1.807, 2.05) is 0 Å². The summed E-state index contributed by atoms with van der Waals surface area (Å²) < 4.78 is 37.4. The number of alkyl halides is 3. The summed E-state index contributed by atoms with van der Waals surface area (Å²) in [6.45, 7) is 0. The summed E-state index contributed by atoms with van der Waals surface area (Å²) in [6.07, 6.45) is -4.46. The molecule has 0 saturated heterocycles. The molecule has 0 aliphatic rings. The second-order valence-electron chi connectivity index (χ2n) is 3.81. The molecule has 106 valence electrons. The number of rotatable bonds is 2. The van der Waals surface area contributed by atoms with Crippen LogP contribution in [-0.4, -0.2) is 9.91 Å². The Morgan fingerprint density at radius 2 is 1.80 bits per heavy atom. The Morgan fingerprint density at radius 3 is 2.25 bits per heavy atom. The van der Waals surface area contributed by atoms with Gasteiger partial charge < -0.3 is 4.98 Å². The molecule has 0 saturated carbocycles. The van der Waals surface area contributed by atoms with Crippen LogP contribution in [0.4, 0.5) is 18.9 Å². The van der Waals surface area contributed by atoms with Crippen LogP contribution in [0.15, 0.2) is 28.7 Å². The summed E-state index contributed by atoms with van der Waals surface area (Å²) in [4.78, 5) is 12.9. The number of benzene rings is 1. The SMILES string of the molecule is O=[N+]([O-])c1c(-c2ccc(C(F)(F)F)cc2)[nH]c(Cl)c1Br. The number of aromatic amines is 1. The van der Waals surface area contributed by atoms with Gasteiger partial charge in [0.25, 0.3) is 0 Å². The molecule has 0 radical (unpaired) electrons. The van der Waals surface area contributed by atoms with Gasteiger partial charge in [0, 0.05) is 5.56 Å². The molecule has 2 rings (SSSR count). The Kier molecular flexibility index (Phi) is 3.79. The van der Waals surface area contributed by atoms with Crippen LogP contribution in [0.1, 0.15) is 5.56 Å². The van der Waals surface area contributed by atoms with Crippen molar-refractivity contribution < 1.29 is 18.1 Å². The van der Waals surface area contributed by atoms with E-state index in [1.54, 1.807) is 0 Å². The average Bonchev–Trinajstić information content (AvgIpc) is 2.65.